The van der Waals surface area contributed by atoms with Gasteiger partial charge in [0, 0.05) is 23.4 Å². The molecule has 4 aliphatic carbocycles. The molecule has 0 radical (unpaired) electrons. The van der Waals surface area contributed by atoms with Gasteiger partial charge in [-0.15, -0.1) is 11.3 Å². The quantitative estimate of drug-likeness (QED) is 0.490. The number of nitrogens with one attached hydrogen (secondary N) is 2. The largest absolute Gasteiger partial charge is 0.475 e. The summed E-state index contributed by atoms with van der Waals surface area (Å²) in [4.78, 5) is 28.4. The molecule has 2 heterocycles. The second kappa shape index (κ2) is 10.2. The Hall–Kier alpha value is -1.81. The van der Waals surface area contributed by atoms with Crippen molar-refractivity contribution in [1.82, 2.24) is 15.5 Å². The third kappa shape index (κ3) is 6.36. The van der Waals surface area contributed by atoms with Gasteiger partial charge in [0.25, 0.3) is 0 Å². The van der Waals surface area contributed by atoms with Crippen LogP contribution in [0.4, 0.5) is 13.2 Å². The van der Waals surface area contributed by atoms with Crippen molar-refractivity contribution in [3.8, 4) is 5.06 Å². The average molecular weight is 528 g/mol. The van der Waals surface area contributed by atoms with E-state index in [0.29, 0.717) is 13.0 Å². The maximum Gasteiger partial charge on any atom is 0.422 e. The van der Waals surface area contributed by atoms with E-state index in [9.17, 15) is 22.8 Å². The standard InChI is InChI=1S/C26H36F3N3O3S/c1-16(21-2-3-24(36-21)35-15-26(27,28)29)30-22(33)9-17-4-5-32(13-17)14-23(34)31-25-10-18-6-19(11-25)8-20(7-18)12-25/h2-3,16-20H,4-15H2,1H3,(H,30,33)(H,31,34)/t16-,17-,18?,19?,20?,25?/m1/s1. The van der Waals surface area contributed by atoms with Gasteiger partial charge in [0.1, 0.15) is 0 Å². The Morgan fingerprint density at radius 3 is 2.44 bits per heavy atom. The summed E-state index contributed by atoms with van der Waals surface area (Å²) in [5, 5.41) is 6.57. The van der Waals surface area contributed by atoms with E-state index in [1.807, 2.05) is 6.92 Å². The number of amides is 2. The van der Waals surface area contributed by atoms with E-state index in [0.717, 1.165) is 72.7 Å². The second-order valence-electron chi connectivity index (χ2n) is 11.7. The molecule has 1 aliphatic heterocycles. The molecular formula is C26H36F3N3O3S. The van der Waals surface area contributed by atoms with Gasteiger partial charge in [-0.2, -0.15) is 13.2 Å². The van der Waals surface area contributed by atoms with Crippen LogP contribution in [-0.2, 0) is 9.59 Å². The molecule has 10 heteroatoms. The molecular weight excluding hydrogens is 491 g/mol. The van der Waals surface area contributed by atoms with Crippen molar-refractivity contribution in [2.24, 2.45) is 23.7 Å². The lowest BCUT2D eigenvalue weighted by atomic mass is 9.53. The maximum absolute atomic E-state index is 12.9. The monoisotopic (exact) mass is 527 g/mol. The number of likely N-dealkylation sites (tertiary alicyclic amines) is 1. The minimum Gasteiger partial charge on any atom is -0.475 e. The Kier molecular flexibility index (Phi) is 7.29. The number of carbonyl (C=O) groups excluding carboxylic acids is 2. The molecule has 6 rings (SSSR count). The van der Waals surface area contributed by atoms with Gasteiger partial charge in [-0.3, -0.25) is 14.5 Å². The molecule has 200 valence electrons. The summed E-state index contributed by atoms with van der Waals surface area (Å²) < 4.78 is 41.8. The first-order valence-electron chi connectivity index (χ1n) is 13.2. The Balaban J connectivity index is 1.03. The molecule has 1 saturated heterocycles. The SMILES string of the molecule is C[C@@H](NC(=O)C[C@H]1CCN(CC(=O)NC23CC4CC(CC(C4)C2)C3)C1)c1ccc(OCC(F)(F)F)s1. The molecule has 1 aromatic rings. The van der Waals surface area contributed by atoms with Gasteiger partial charge in [0.2, 0.25) is 11.8 Å². The summed E-state index contributed by atoms with van der Waals surface area (Å²) in [7, 11) is 0. The highest BCUT2D eigenvalue weighted by Crippen LogP contribution is 2.55. The van der Waals surface area contributed by atoms with Crippen molar-refractivity contribution >= 4 is 23.2 Å². The minimum atomic E-state index is -4.38. The third-order valence-electron chi connectivity index (χ3n) is 8.44. The fourth-order valence-corrected chi connectivity index (χ4v) is 8.31. The Morgan fingerprint density at radius 1 is 1.14 bits per heavy atom. The van der Waals surface area contributed by atoms with Gasteiger partial charge in [0.05, 0.1) is 12.6 Å². The molecule has 5 fully saturated rings. The molecule has 0 spiro atoms. The van der Waals surface area contributed by atoms with Crippen LogP contribution in [0.25, 0.3) is 0 Å². The number of nitrogens with zero attached hydrogens (tertiary/aromatic N) is 1. The van der Waals surface area contributed by atoms with E-state index in [4.69, 9.17) is 4.74 Å². The van der Waals surface area contributed by atoms with E-state index < -0.39 is 12.8 Å². The van der Waals surface area contributed by atoms with Crippen molar-refractivity contribution in [3.63, 3.8) is 0 Å². The number of hydrogen-bond acceptors (Lipinski definition) is 5. The number of rotatable bonds is 9. The molecule has 2 amide bonds. The molecule has 0 aromatic carbocycles. The molecule has 4 saturated carbocycles. The zero-order valence-electron chi connectivity index (χ0n) is 20.7. The molecule has 2 atom stereocenters. The lowest BCUT2D eigenvalue weighted by molar-refractivity contribution is -0.152. The Bertz CT molecular complexity index is 930. The van der Waals surface area contributed by atoms with Crippen LogP contribution >= 0.6 is 11.3 Å². The fourth-order valence-electron chi connectivity index (χ4n) is 7.46. The van der Waals surface area contributed by atoms with Crippen LogP contribution in [0, 0.1) is 23.7 Å². The predicted molar refractivity (Wildman–Crippen MR) is 131 cm³/mol. The third-order valence-corrected chi connectivity index (χ3v) is 9.62. The highest BCUT2D eigenvalue weighted by atomic mass is 32.1. The summed E-state index contributed by atoms with van der Waals surface area (Å²) in [6.07, 6.45) is 4.36. The van der Waals surface area contributed by atoms with Gasteiger partial charge >= 0.3 is 6.18 Å². The first kappa shape index (κ1) is 25.8. The average Bonchev–Trinajstić information content (AvgIpc) is 3.39. The lowest BCUT2D eigenvalue weighted by Gasteiger charge is -2.57. The van der Waals surface area contributed by atoms with Crippen LogP contribution in [0.1, 0.15) is 69.2 Å². The maximum atomic E-state index is 12.9. The highest BCUT2D eigenvalue weighted by molar-refractivity contribution is 7.13. The summed E-state index contributed by atoms with van der Waals surface area (Å²) >= 11 is 1.11. The van der Waals surface area contributed by atoms with Crippen LogP contribution in [0.3, 0.4) is 0 Å². The van der Waals surface area contributed by atoms with Gasteiger partial charge in [-0.1, -0.05) is 0 Å². The van der Waals surface area contributed by atoms with E-state index in [1.54, 1.807) is 6.07 Å². The summed E-state index contributed by atoms with van der Waals surface area (Å²) in [5.74, 6) is 2.61. The van der Waals surface area contributed by atoms with E-state index in [2.05, 4.69) is 15.5 Å². The summed E-state index contributed by atoms with van der Waals surface area (Å²) in [6, 6.07) is 2.87. The van der Waals surface area contributed by atoms with Crippen LogP contribution in [-0.4, -0.2) is 54.7 Å². The number of thiophene rings is 1. The first-order valence-corrected chi connectivity index (χ1v) is 14.0. The molecule has 5 aliphatic rings. The minimum absolute atomic E-state index is 0.0282. The normalized spacial score (nSPS) is 32.4. The molecule has 2 N–H and O–H groups in total. The summed E-state index contributed by atoms with van der Waals surface area (Å²) in [6.45, 7) is 2.42. The molecule has 4 bridgehead atoms. The van der Waals surface area contributed by atoms with Gasteiger partial charge in [0.15, 0.2) is 11.7 Å². The van der Waals surface area contributed by atoms with Gasteiger partial charge < -0.3 is 15.4 Å². The van der Waals surface area contributed by atoms with Crippen LogP contribution in [0.2, 0.25) is 0 Å². The topological polar surface area (TPSA) is 70.7 Å². The molecule has 6 nitrogen and oxygen atoms in total. The Labute approximate surface area is 214 Å². The molecule has 1 aromatic heterocycles. The smallest absolute Gasteiger partial charge is 0.422 e. The van der Waals surface area contributed by atoms with E-state index in [1.165, 1.54) is 25.3 Å². The molecule has 36 heavy (non-hydrogen) atoms. The highest BCUT2D eigenvalue weighted by Gasteiger charge is 2.51. The zero-order chi connectivity index (χ0) is 25.5. The van der Waals surface area contributed by atoms with Crippen molar-refractivity contribution in [1.29, 1.82) is 0 Å². The van der Waals surface area contributed by atoms with Crippen molar-refractivity contribution in [3.05, 3.63) is 17.0 Å². The first-order chi connectivity index (χ1) is 17.0. The van der Waals surface area contributed by atoms with Gasteiger partial charge in [-0.25, -0.2) is 0 Å². The van der Waals surface area contributed by atoms with Crippen molar-refractivity contribution in [2.45, 2.75) is 76.0 Å². The zero-order valence-corrected chi connectivity index (χ0v) is 21.6. The van der Waals surface area contributed by atoms with Crippen LogP contribution in [0.15, 0.2) is 12.1 Å². The number of alkyl halides is 3. The number of halogens is 3. The van der Waals surface area contributed by atoms with Crippen LogP contribution in [0.5, 0.6) is 5.06 Å². The fraction of sp³-hybridized carbons (Fsp3) is 0.769. The lowest BCUT2D eigenvalue weighted by Crippen LogP contribution is -2.60. The number of ether oxygens (including phenoxy) is 1. The van der Waals surface area contributed by atoms with E-state index >= 15 is 0 Å². The number of hydrogen-bond donors (Lipinski definition) is 2. The van der Waals surface area contributed by atoms with E-state index in [-0.39, 0.29) is 34.4 Å². The van der Waals surface area contributed by atoms with Gasteiger partial charge in [-0.05, 0) is 94.2 Å². The Morgan fingerprint density at radius 2 is 1.81 bits per heavy atom. The number of carbonyl (C=O) groups is 2. The summed E-state index contributed by atoms with van der Waals surface area (Å²) in [5.41, 5.74) is 0.0282. The van der Waals surface area contributed by atoms with Crippen molar-refractivity contribution in [2.75, 3.05) is 26.2 Å². The second-order valence-corrected chi connectivity index (χ2v) is 12.8. The van der Waals surface area contributed by atoms with Crippen molar-refractivity contribution < 1.29 is 27.5 Å². The van der Waals surface area contributed by atoms with Crippen LogP contribution < -0.4 is 15.4 Å². The predicted octanol–water partition coefficient (Wildman–Crippen LogP) is 4.66. The molecule has 0 unspecified atom stereocenters.